The molecule has 4 aromatic rings. The molecule has 0 aliphatic rings. The maximum absolute atomic E-state index is 13.0. The number of nitrogens with one attached hydrogen (secondary N) is 1. The number of halogens is 3. The van der Waals surface area contributed by atoms with Gasteiger partial charge in [-0.05, 0) is 62.4 Å². The number of hydrogen-bond acceptors (Lipinski definition) is 4. The Morgan fingerprint density at radius 2 is 1.62 bits per heavy atom. The zero-order chi connectivity index (χ0) is 22.9. The Morgan fingerprint density at radius 3 is 2.34 bits per heavy atom. The van der Waals surface area contributed by atoms with E-state index in [9.17, 15) is 18.0 Å². The molecule has 0 fully saturated rings. The SMILES string of the molecule is CC(C)(Oc1ccccc1)C(=O)Nc1ccc2nn(-c3cccc(C(F)(F)F)c3)nc2c1. The minimum Gasteiger partial charge on any atom is -0.478 e. The van der Waals surface area contributed by atoms with Crippen LogP contribution >= 0.6 is 0 Å². The van der Waals surface area contributed by atoms with Crippen molar-refractivity contribution in [3.63, 3.8) is 0 Å². The monoisotopic (exact) mass is 440 g/mol. The van der Waals surface area contributed by atoms with Gasteiger partial charge < -0.3 is 10.1 Å². The minimum absolute atomic E-state index is 0.180. The number of carbonyl (C=O) groups excluding carboxylic acids is 1. The molecule has 0 unspecified atom stereocenters. The lowest BCUT2D eigenvalue weighted by Crippen LogP contribution is -2.42. The molecule has 1 amide bonds. The van der Waals surface area contributed by atoms with Crippen LogP contribution in [0.4, 0.5) is 18.9 Å². The van der Waals surface area contributed by atoms with Crippen molar-refractivity contribution in [3.05, 3.63) is 78.4 Å². The first kappa shape index (κ1) is 21.4. The largest absolute Gasteiger partial charge is 0.478 e. The molecule has 164 valence electrons. The van der Waals surface area contributed by atoms with Crippen LogP contribution < -0.4 is 10.1 Å². The summed E-state index contributed by atoms with van der Waals surface area (Å²) in [7, 11) is 0. The molecule has 0 aliphatic carbocycles. The summed E-state index contributed by atoms with van der Waals surface area (Å²) in [5, 5.41) is 11.3. The Morgan fingerprint density at radius 1 is 0.906 bits per heavy atom. The molecule has 0 spiro atoms. The summed E-state index contributed by atoms with van der Waals surface area (Å²) in [5.74, 6) is 0.193. The molecule has 0 aliphatic heterocycles. The number of benzene rings is 3. The topological polar surface area (TPSA) is 69.0 Å². The number of para-hydroxylation sites is 1. The Labute approximate surface area is 181 Å². The summed E-state index contributed by atoms with van der Waals surface area (Å²) in [6, 6.07) is 18.6. The zero-order valence-electron chi connectivity index (χ0n) is 17.2. The fourth-order valence-corrected chi connectivity index (χ4v) is 3.03. The molecule has 9 heteroatoms. The fraction of sp³-hybridized carbons (Fsp3) is 0.174. The highest BCUT2D eigenvalue weighted by atomic mass is 19.4. The van der Waals surface area contributed by atoms with Gasteiger partial charge >= 0.3 is 6.18 Å². The standard InChI is InChI=1S/C23H19F3N4O2/c1-22(2,32-18-9-4-3-5-10-18)21(31)27-16-11-12-19-20(14-16)29-30(28-19)17-8-6-7-15(13-17)23(24,25)26/h3-14H,1-2H3,(H,27,31). The molecule has 32 heavy (non-hydrogen) atoms. The lowest BCUT2D eigenvalue weighted by Gasteiger charge is -2.25. The number of rotatable bonds is 5. The Hall–Kier alpha value is -3.88. The van der Waals surface area contributed by atoms with E-state index < -0.39 is 17.3 Å². The summed E-state index contributed by atoms with van der Waals surface area (Å²) in [6.07, 6.45) is -4.46. The lowest BCUT2D eigenvalue weighted by atomic mass is 10.1. The highest BCUT2D eigenvalue weighted by molar-refractivity contribution is 5.98. The number of amides is 1. The number of alkyl halides is 3. The van der Waals surface area contributed by atoms with E-state index in [1.54, 1.807) is 44.2 Å². The van der Waals surface area contributed by atoms with Gasteiger partial charge in [-0.15, -0.1) is 10.2 Å². The number of fused-ring (bicyclic) bond motifs is 1. The van der Waals surface area contributed by atoms with Crippen LogP contribution in [0.15, 0.2) is 72.8 Å². The average molecular weight is 440 g/mol. The van der Waals surface area contributed by atoms with Gasteiger partial charge in [-0.1, -0.05) is 24.3 Å². The van der Waals surface area contributed by atoms with Crippen molar-refractivity contribution >= 4 is 22.6 Å². The second-order valence-electron chi connectivity index (χ2n) is 7.62. The number of aromatic nitrogens is 3. The van der Waals surface area contributed by atoms with E-state index in [0.29, 0.717) is 22.5 Å². The van der Waals surface area contributed by atoms with Gasteiger partial charge in [0.05, 0.1) is 11.3 Å². The number of hydrogen-bond donors (Lipinski definition) is 1. The quantitative estimate of drug-likeness (QED) is 0.461. The highest BCUT2D eigenvalue weighted by Gasteiger charge is 2.31. The van der Waals surface area contributed by atoms with Crippen molar-refractivity contribution in [1.82, 2.24) is 15.0 Å². The van der Waals surface area contributed by atoms with Gasteiger partial charge in [0.1, 0.15) is 16.8 Å². The smallest absolute Gasteiger partial charge is 0.416 e. The van der Waals surface area contributed by atoms with Crippen molar-refractivity contribution < 1.29 is 22.7 Å². The van der Waals surface area contributed by atoms with Crippen molar-refractivity contribution in [2.45, 2.75) is 25.6 Å². The highest BCUT2D eigenvalue weighted by Crippen LogP contribution is 2.30. The maximum atomic E-state index is 13.0. The Kier molecular flexibility index (Phi) is 5.33. The fourth-order valence-electron chi connectivity index (χ4n) is 3.03. The van der Waals surface area contributed by atoms with Gasteiger partial charge in [0.25, 0.3) is 5.91 Å². The van der Waals surface area contributed by atoms with Crippen LogP contribution in [-0.4, -0.2) is 26.5 Å². The molecule has 4 rings (SSSR count). The third kappa shape index (κ3) is 4.56. The second kappa shape index (κ2) is 7.99. The molecule has 0 saturated carbocycles. The molecule has 0 saturated heterocycles. The van der Waals surface area contributed by atoms with Crippen molar-refractivity contribution in [2.75, 3.05) is 5.32 Å². The molecule has 6 nitrogen and oxygen atoms in total. The predicted octanol–water partition coefficient (Wildman–Crippen LogP) is 5.24. The molecule has 0 radical (unpaired) electrons. The lowest BCUT2D eigenvalue weighted by molar-refractivity contribution is -0.137. The number of ether oxygens (including phenoxy) is 1. The van der Waals surface area contributed by atoms with Gasteiger partial charge in [0.2, 0.25) is 0 Å². The summed E-state index contributed by atoms with van der Waals surface area (Å²) in [4.78, 5) is 13.9. The number of carbonyl (C=O) groups is 1. The van der Waals surface area contributed by atoms with Crippen LogP contribution in [0.3, 0.4) is 0 Å². The first-order valence-corrected chi connectivity index (χ1v) is 9.72. The first-order valence-electron chi connectivity index (χ1n) is 9.72. The van der Waals surface area contributed by atoms with E-state index in [-0.39, 0.29) is 11.6 Å². The van der Waals surface area contributed by atoms with E-state index in [4.69, 9.17) is 4.74 Å². The first-order chi connectivity index (χ1) is 15.1. The molecule has 1 N–H and O–H groups in total. The van der Waals surface area contributed by atoms with Gasteiger partial charge in [-0.25, -0.2) is 0 Å². The molecule has 0 atom stereocenters. The summed E-state index contributed by atoms with van der Waals surface area (Å²) in [5.41, 5.74) is -0.402. The van der Waals surface area contributed by atoms with Crippen molar-refractivity contribution in [2.24, 2.45) is 0 Å². The molecular weight excluding hydrogens is 421 g/mol. The third-order valence-electron chi connectivity index (χ3n) is 4.71. The zero-order valence-corrected chi connectivity index (χ0v) is 17.2. The van der Waals surface area contributed by atoms with Gasteiger partial charge in [-0.2, -0.15) is 18.0 Å². The van der Waals surface area contributed by atoms with E-state index in [1.807, 2.05) is 18.2 Å². The van der Waals surface area contributed by atoms with Crippen LogP contribution in [0.2, 0.25) is 0 Å². The second-order valence-corrected chi connectivity index (χ2v) is 7.62. The maximum Gasteiger partial charge on any atom is 0.416 e. The van der Waals surface area contributed by atoms with Gasteiger partial charge in [0.15, 0.2) is 5.60 Å². The van der Waals surface area contributed by atoms with Crippen molar-refractivity contribution in [1.29, 1.82) is 0 Å². The van der Waals surface area contributed by atoms with Crippen molar-refractivity contribution in [3.8, 4) is 11.4 Å². The van der Waals surface area contributed by atoms with Gasteiger partial charge in [0, 0.05) is 5.69 Å². The molecule has 1 heterocycles. The van der Waals surface area contributed by atoms with Gasteiger partial charge in [-0.3, -0.25) is 4.79 Å². The Bertz CT molecular complexity index is 1270. The molecular formula is C23H19F3N4O2. The molecule has 3 aromatic carbocycles. The Balaban J connectivity index is 1.55. The minimum atomic E-state index is -4.46. The van der Waals surface area contributed by atoms with E-state index in [2.05, 4.69) is 15.5 Å². The van der Waals surface area contributed by atoms with E-state index >= 15 is 0 Å². The van der Waals surface area contributed by atoms with Crippen LogP contribution in [-0.2, 0) is 11.0 Å². The summed E-state index contributed by atoms with van der Waals surface area (Å²) >= 11 is 0. The molecule has 0 bridgehead atoms. The van der Waals surface area contributed by atoms with Crippen LogP contribution in [0.5, 0.6) is 5.75 Å². The van der Waals surface area contributed by atoms with E-state index in [1.165, 1.54) is 12.1 Å². The normalized spacial score (nSPS) is 12.0. The third-order valence-corrected chi connectivity index (χ3v) is 4.71. The summed E-state index contributed by atoms with van der Waals surface area (Å²) in [6.45, 7) is 3.30. The van der Waals surface area contributed by atoms with E-state index in [0.717, 1.165) is 16.9 Å². The average Bonchev–Trinajstić information content (AvgIpc) is 3.17. The van der Waals surface area contributed by atoms with Crippen LogP contribution in [0.1, 0.15) is 19.4 Å². The number of nitrogens with zero attached hydrogens (tertiary/aromatic N) is 3. The number of anilines is 1. The van der Waals surface area contributed by atoms with Crippen LogP contribution in [0, 0.1) is 0 Å². The summed E-state index contributed by atoms with van der Waals surface area (Å²) < 4.78 is 44.8. The van der Waals surface area contributed by atoms with Crippen LogP contribution in [0.25, 0.3) is 16.7 Å². The predicted molar refractivity (Wildman–Crippen MR) is 114 cm³/mol. The molecule has 1 aromatic heterocycles.